The van der Waals surface area contributed by atoms with Gasteiger partial charge in [0.05, 0.1) is 28.7 Å². The number of para-hydroxylation sites is 1. The van der Waals surface area contributed by atoms with E-state index in [4.69, 9.17) is 5.73 Å². The quantitative estimate of drug-likeness (QED) is 0.772. The minimum atomic E-state index is -0.731. The van der Waals surface area contributed by atoms with Gasteiger partial charge in [0.2, 0.25) is 0 Å². The second-order valence-electron chi connectivity index (χ2n) is 5.21. The highest BCUT2D eigenvalue weighted by Gasteiger charge is 2.19. The molecule has 0 fully saturated rings. The molecule has 0 radical (unpaired) electrons. The molecule has 4 nitrogen and oxygen atoms in total. The first-order valence-corrected chi connectivity index (χ1v) is 6.63. The topological polar surface area (TPSA) is 71.2 Å². The lowest BCUT2D eigenvalue weighted by atomic mass is 10.0. The van der Waals surface area contributed by atoms with Crippen molar-refractivity contribution in [2.45, 2.75) is 32.3 Å². The molecule has 2 rings (SSSR count). The van der Waals surface area contributed by atoms with Crippen LogP contribution in [0.15, 0.2) is 30.5 Å². The van der Waals surface area contributed by atoms with Gasteiger partial charge >= 0.3 is 0 Å². The monoisotopic (exact) mass is 259 g/mol. The van der Waals surface area contributed by atoms with Gasteiger partial charge < -0.3 is 16.2 Å². The summed E-state index contributed by atoms with van der Waals surface area (Å²) in [7, 11) is 0. The van der Waals surface area contributed by atoms with Crippen LogP contribution in [0, 0.1) is 0 Å². The molecule has 4 N–H and O–H groups in total. The van der Waals surface area contributed by atoms with E-state index in [-0.39, 0.29) is 0 Å². The number of hydrogen-bond acceptors (Lipinski definition) is 4. The Morgan fingerprint density at radius 3 is 2.84 bits per heavy atom. The summed E-state index contributed by atoms with van der Waals surface area (Å²) >= 11 is 0. The van der Waals surface area contributed by atoms with E-state index in [9.17, 15) is 5.11 Å². The minimum absolute atomic E-state index is 0.471. The summed E-state index contributed by atoms with van der Waals surface area (Å²) in [6, 6.07) is 7.83. The molecule has 1 unspecified atom stereocenters. The van der Waals surface area contributed by atoms with Crippen LogP contribution in [-0.2, 0) is 0 Å². The molecule has 19 heavy (non-hydrogen) atoms. The second-order valence-corrected chi connectivity index (χ2v) is 5.21. The van der Waals surface area contributed by atoms with Crippen molar-refractivity contribution >= 4 is 22.3 Å². The van der Waals surface area contributed by atoms with Gasteiger partial charge in [-0.15, -0.1) is 0 Å². The summed E-state index contributed by atoms with van der Waals surface area (Å²) < 4.78 is 0. The Hall–Kier alpha value is -1.81. The molecule has 0 aliphatic carbocycles. The fourth-order valence-electron chi connectivity index (χ4n) is 2.26. The van der Waals surface area contributed by atoms with Gasteiger partial charge in [0.25, 0.3) is 0 Å². The standard InChI is InChI=1S/C15H21N3O/c1-3-8-15(2,19)10-18-14-11-6-4-5-7-13(11)17-9-12(14)16/h4-7,9,19H,3,8,10,16H2,1-2H3,(H,17,18). The Kier molecular flexibility index (Phi) is 3.90. The maximum absolute atomic E-state index is 10.2. The number of benzene rings is 1. The van der Waals surface area contributed by atoms with Crippen molar-refractivity contribution in [2.24, 2.45) is 0 Å². The molecule has 0 amide bonds. The summed E-state index contributed by atoms with van der Waals surface area (Å²) in [5, 5.41) is 14.5. The Balaban J connectivity index is 2.27. The predicted octanol–water partition coefficient (Wildman–Crippen LogP) is 2.78. The SMILES string of the molecule is CCCC(C)(O)CNc1c(N)cnc2ccccc12. The molecule has 0 aliphatic rings. The molecule has 0 saturated carbocycles. The maximum Gasteiger partial charge on any atom is 0.0791 e. The van der Waals surface area contributed by atoms with Gasteiger partial charge in [0, 0.05) is 11.9 Å². The van der Waals surface area contributed by atoms with E-state index >= 15 is 0 Å². The molecule has 2 aromatic rings. The number of fused-ring (bicyclic) bond motifs is 1. The zero-order chi connectivity index (χ0) is 13.9. The van der Waals surface area contributed by atoms with Gasteiger partial charge in [-0.25, -0.2) is 0 Å². The highest BCUT2D eigenvalue weighted by atomic mass is 16.3. The number of nitrogens with one attached hydrogen (secondary N) is 1. The first-order valence-electron chi connectivity index (χ1n) is 6.63. The molecule has 1 heterocycles. The molecule has 0 saturated heterocycles. The fourth-order valence-corrected chi connectivity index (χ4v) is 2.26. The smallest absolute Gasteiger partial charge is 0.0791 e. The normalized spacial score (nSPS) is 14.3. The Bertz CT molecular complexity index is 566. The zero-order valence-electron chi connectivity index (χ0n) is 11.5. The van der Waals surface area contributed by atoms with Crippen LogP contribution >= 0.6 is 0 Å². The number of rotatable bonds is 5. The number of anilines is 2. The third-order valence-corrected chi connectivity index (χ3v) is 3.24. The molecule has 4 heteroatoms. The molecule has 1 atom stereocenters. The summed E-state index contributed by atoms with van der Waals surface area (Å²) in [5.74, 6) is 0. The minimum Gasteiger partial charge on any atom is -0.396 e. The first-order chi connectivity index (χ1) is 9.03. The Labute approximate surface area is 113 Å². The van der Waals surface area contributed by atoms with E-state index in [1.807, 2.05) is 31.2 Å². The number of nitrogen functional groups attached to an aromatic ring is 1. The number of nitrogens with two attached hydrogens (primary N) is 1. The van der Waals surface area contributed by atoms with Crippen LogP contribution in [0.3, 0.4) is 0 Å². The lowest BCUT2D eigenvalue weighted by Crippen LogP contribution is -2.33. The van der Waals surface area contributed by atoms with E-state index < -0.39 is 5.60 Å². The molecule has 102 valence electrons. The van der Waals surface area contributed by atoms with E-state index in [1.165, 1.54) is 0 Å². The van der Waals surface area contributed by atoms with Crippen molar-refractivity contribution in [3.63, 3.8) is 0 Å². The van der Waals surface area contributed by atoms with Crippen LogP contribution in [0.2, 0.25) is 0 Å². The molecular weight excluding hydrogens is 238 g/mol. The first kappa shape index (κ1) is 13.6. The number of pyridine rings is 1. The van der Waals surface area contributed by atoms with Crippen LogP contribution in [0.4, 0.5) is 11.4 Å². The van der Waals surface area contributed by atoms with Crippen molar-refractivity contribution in [1.29, 1.82) is 0 Å². The van der Waals surface area contributed by atoms with Gasteiger partial charge in [-0.1, -0.05) is 31.5 Å². The van der Waals surface area contributed by atoms with Crippen LogP contribution in [0.25, 0.3) is 10.9 Å². The molecule has 0 spiro atoms. The third kappa shape index (κ3) is 3.15. The molecule has 0 aliphatic heterocycles. The van der Waals surface area contributed by atoms with Crippen molar-refractivity contribution in [2.75, 3.05) is 17.6 Å². The summed E-state index contributed by atoms with van der Waals surface area (Å²) in [4.78, 5) is 4.29. The van der Waals surface area contributed by atoms with Gasteiger partial charge in [0.1, 0.15) is 0 Å². The second kappa shape index (κ2) is 5.45. The number of aromatic nitrogens is 1. The maximum atomic E-state index is 10.2. The van der Waals surface area contributed by atoms with E-state index in [1.54, 1.807) is 6.20 Å². The zero-order valence-corrected chi connectivity index (χ0v) is 11.5. The largest absolute Gasteiger partial charge is 0.396 e. The van der Waals surface area contributed by atoms with Crippen LogP contribution in [-0.4, -0.2) is 22.2 Å². The Morgan fingerprint density at radius 1 is 1.37 bits per heavy atom. The highest BCUT2D eigenvalue weighted by Crippen LogP contribution is 2.28. The van der Waals surface area contributed by atoms with Crippen molar-refractivity contribution in [3.05, 3.63) is 30.5 Å². The lowest BCUT2D eigenvalue weighted by Gasteiger charge is -2.24. The molecule has 1 aromatic carbocycles. The van der Waals surface area contributed by atoms with E-state index in [0.717, 1.165) is 29.4 Å². The van der Waals surface area contributed by atoms with Gasteiger partial charge in [-0.3, -0.25) is 4.98 Å². The highest BCUT2D eigenvalue weighted by molar-refractivity contribution is 5.96. The predicted molar refractivity (Wildman–Crippen MR) is 80.2 cm³/mol. The van der Waals surface area contributed by atoms with E-state index in [2.05, 4.69) is 17.2 Å². The van der Waals surface area contributed by atoms with Crippen molar-refractivity contribution in [3.8, 4) is 0 Å². The number of nitrogens with zero attached hydrogens (tertiary/aromatic N) is 1. The summed E-state index contributed by atoms with van der Waals surface area (Å²) in [5.41, 5.74) is 7.60. The number of hydrogen-bond donors (Lipinski definition) is 3. The molecular formula is C15H21N3O. The molecule has 1 aromatic heterocycles. The Morgan fingerprint density at radius 2 is 2.11 bits per heavy atom. The van der Waals surface area contributed by atoms with Crippen molar-refractivity contribution in [1.82, 2.24) is 4.98 Å². The van der Waals surface area contributed by atoms with E-state index in [0.29, 0.717) is 12.2 Å². The average Bonchev–Trinajstić information content (AvgIpc) is 2.37. The number of aliphatic hydroxyl groups is 1. The van der Waals surface area contributed by atoms with Crippen LogP contribution in [0.1, 0.15) is 26.7 Å². The lowest BCUT2D eigenvalue weighted by molar-refractivity contribution is 0.0637. The average molecular weight is 259 g/mol. The van der Waals surface area contributed by atoms with Crippen LogP contribution < -0.4 is 11.1 Å². The summed E-state index contributed by atoms with van der Waals surface area (Å²) in [6.45, 7) is 4.37. The van der Waals surface area contributed by atoms with Crippen LogP contribution in [0.5, 0.6) is 0 Å². The molecule has 0 bridgehead atoms. The van der Waals surface area contributed by atoms with Gasteiger partial charge in [-0.05, 0) is 19.4 Å². The third-order valence-electron chi connectivity index (χ3n) is 3.24. The fraction of sp³-hybridized carbons (Fsp3) is 0.400. The summed E-state index contributed by atoms with van der Waals surface area (Å²) in [6.07, 6.45) is 3.35. The van der Waals surface area contributed by atoms with Crippen molar-refractivity contribution < 1.29 is 5.11 Å². The van der Waals surface area contributed by atoms with Gasteiger partial charge in [0.15, 0.2) is 0 Å². The van der Waals surface area contributed by atoms with Gasteiger partial charge in [-0.2, -0.15) is 0 Å².